The van der Waals surface area contributed by atoms with E-state index in [1.54, 1.807) is 6.92 Å². The molecule has 5 heteroatoms. The molecule has 102 valence electrons. The lowest BCUT2D eigenvalue weighted by molar-refractivity contribution is -0.121. The van der Waals surface area contributed by atoms with E-state index in [2.05, 4.69) is 5.32 Å². The number of amides is 1. The first-order chi connectivity index (χ1) is 8.47. The second kappa shape index (κ2) is 7.77. The van der Waals surface area contributed by atoms with E-state index < -0.39 is 0 Å². The van der Waals surface area contributed by atoms with Gasteiger partial charge in [0.15, 0.2) is 0 Å². The number of hydrogen-bond acceptors (Lipinski definition) is 3. The molecule has 2 unspecified atom stereocenters. The molecule has 2 atom stereocenters. The average molecular weight is 290 g/mol. The Labute approximate surface area is 117 Å². The molecular weight excluding hydrogens is 270 g/mol. The van der Waals surface area contributed by atoms with Crippen LogP contribution < -0.4 is 5.32 Å². The zero-order valence-corrected chi connectivity index (χ0v) is 12.4. The lowest BCUT2D eigenvalue weighted by Crippen LogP contribution is -2.29. The number of aryl methyl sites for hydroxylation is 1. The van der Waals surface area contributed by atoms with Crippen LogP contribution in [0.4, 0.5) is 0 Å². The molecule has 0 aromatic carbocycles. The van der Waals surface area contributed by atoms with Gasteiger partial charge in [0, 0.05) is 17.8 Å². The molecule has 18 heavy (non-hydrogen) atoms. The lowest BCUT2D eigenvalue weighted by atomic mass is 10.0. The third-order valence-electron chi connectivity index (χ3n) is 2.62. The summed E-state index contributed by atoms with van der Waals surface area (Å²) < 4.78 is 0.760. The minimum atomic E-state index is -0.315. The maximum absolute atomic E-state index is 11.6. The summed E-state index contributed by atoms with van der Waals surface area (Å²) in [5, 5.41) is 12.1. The molecule has 0 aliphatic rings. The van der Waals surface area contributed by atoms with Gasteiger partial charge in [-0.3, -0.25) is 4.79 Å². The van der Waals surface area contributed by atoms with Gasteiger partial charge in [-0.2, -0.15) is 0 Å². The molecule has 3 nitrogen and oxygen atoms in total. The molecule has 0 saturated carbocycles. The molecule has 1 aromatic heterocycles. The summed E-state index contributed by atoms with van der Waals surface area (Å²) in [6.07, 6.45) is 1.61. The van der Waals surface area contributed by atoms with Crippen molar-refractivity contribution in [2.75, 3.05) is 6.54 Å². The summed E-state index contributed by atoms with van der Waals surface area (Å²) in [5.41, 5.74) is 0. The Balaban J connectivity index is 2.18. The van der Waals surface area contributed by atoms with Crippen LogP contribution in [-0.4, -0.2) is 23.7 Å². The van der Waals surface area contributed by atoms with Gasteiger partial charge < -0.3 is 10.4 Å². The van der Waals surface area contributed by atoms with Gasteiger partial charge in [0.1, 0.15) is 0 Å². The van der Waals surface area contributed by atoms with Crippen LogP contribution in [0.3, 0.4) is 0 Å². The molecule has 1 amide bonds. The van der Waals surface area contributed by atoms with E-state index in [9.17, 15) is 9.90 Å². The van der Waals surface area contributed by atoms with E-state index in [0.29, 0.717) is 25.3 Å². The van der Waals surface area contributed by atoms with Crippen LogP contribution in [0.25, 0.3) is 0 Å². The van der Waals surface area contributed by atoms with Gasteiger partial charge in [-0.05, 0) is 37.8 Å². The molecule has 0 fully saturated rings. The first-order valence-electron chi connectivity index (χ1n) is 6.16. The van der Waals surface area contributed by atoms with Gasteiger partial charge >= 0.3 is 0 Å². The standard InChI is InChI=1S/C13H20ClNO2S/c1-9(7-10(2)16)8-15-13(17)6-4-11-3-5-12(14)18-11/h3,5,9-10,16H,4,6-8H2,1-2H3,(H,15,17). The largest absolute Gasteiger partial charge is 0.393 e. The predicted molar refractivity (Wildman–Crippen MR) is 76.1 cm³/mol. The van der Waals surface area contributed by atoms with Crippen molar-refractivity contribution in [1.82, 2.24) is 5.32 Å². The molecule has 1 heterocycles. The number of aliphatic hydroxyl groups is 1. The van der Waals surface area contributed by atoms with E-state index >= 15 is 0 Å². The van der Waals surface area contributed by atoms with Gasteiger partial charge in [-0.1, -0.05) is 18.5 Å². The fourth-order valence-corrected chi connectivity index (χ4v) is 2.85. The maximum Gasteiger partial charge on any atom is 0.220 e. The Morgan fingerprint density at radius 1 is 1.50 bits per heavy atom. The van der Waals surface area contributed by atoms with Crippen molar-refractivity contribution in [2.45, 2.75) is 39.2 Å². The normalized spacial score (nSPS) is 14.2. The number of aliphatic hydroxyl groups excluding tert-OH is 1. The average Bonchev–Trinajstić information content (AvgIpc) is 2.69. The van der Waals surface area contributed by atoms with E-state index in [1.807, 2.05) is 19.1 Å². The Kier molecular flexibility index (Phi) is 6.68. The van der Waals surface area contributed by atoms with E-state index in [1.165, 1.54) is 11.3 Å². The van der Waals surface area contributed by atoms with Crippen molar-refractivity contribution in [3.8, 4) is 0 Å². The van der Waals surface area contributed by atoms with Gasteiger partial charge in [-0.15, -0.1) is 11.3 Å². The highest BCUT2D eigenvalue weighted by atomic mass is 35.5. The molecule has 2 N–H and O–H groups in total. The van der Waals surface area contributed by atoms with Crippen LogP contribution in [0, 0.1) is 5.92 Å². The Hall–Kier alpha value is -0.580. The van der Waals surface area contributed by atoms with Gasteiger partial charge in [0.25, 0.3) is 0 Å². The summed E-state index contributed by atoms with van der Waals surface area (Å²) in [7, 11) is 0. The topological polar surface area (TPSA) is 49.3 Å². The molecule has 0 aliphatic heterocycles. The highest BCUT2D eigenvalue weighted by Gasteiger charge is 2.09. The monoisotopic (exact) mass is 289 g/mol. The molecule has 0 saturated heterocycles. The summed E-state index contributed by atoms with van der Waals surface area (Å²) in [6.45, 7) is 4.40. The molecule has 0 spiro atoms. The van der Waals surface area contributed by atoms with Gasteiger partial charge in [0.05, 0.1) is 10.4 Å². The first-order valence-corrected chi connectivity index (χ1v) is 7.35. The van der Waals surface area contributed by atoms with E-state index in [-0.39, 0.29) is 12.0 Å². The lowest BCUT2D eigenvalue weighted by Gasteiger charge is -2.14. The minimum Gasteiger partial charge on any atom is -0.393 e. The number of nitrogens with one attached hydrogen (secondary N) is 1. The van der Waals surface area contributed by atoms with Crippen molar-refractivity contribution >= 4 is 28.8 Å². The maximum atomic E-state index is 11.6. The second-order valence-corrected chi connectivity index (χ2v) is 6.50. The minimum absolute atomic E-state index is 0.0527. The van der Waals surface area contributed by atoms with Crippen molar-refractivity contribution in [3.05, 3.63) is 21.3 Å². The number of rotatable bonds is 7. The third kappa shape index (κ3) is 6.38. The van der Waals surface area contributed by atoms with Crippen LogP contribution in [0.2, 0.25) is 4.34 Å². The fraction of sp³-hybridized carbons (Fsp3) is 0.615. The molecule has 0 aliphatic carbocycles. The SMILES string of the molecule is CC(O)CC(C)CNC(=O)CCc1ccc(Cl)s1. The smallest absolute Gasteiger partial charge is 0.220 e. The highest BCUT2D eigenvalue weighted by molar-refractivity contribution is 7.16. The van der Waals surface area contributed by atoms with Crippen LogP contribution in [0.1, 0.15) is 31.6 Å². The van der Waals surface area contributed by atoms with Crippen molar-refractivity contribution in [2.24, 2.45) is 5.92 Å². The molecule has 0 bridgehead atoms. The van der Waals surface area contributed by atoms with E-state index in [4.69, 9.17) is 11.6 Å². The number of carbonyl (C=O) groups excluding carboxylic acids is 1. The Bertz CT molecular complexity index is 379. The van der Waals surface area contributed by atoms with Crippen LogP contribution >= 0.6 is 22.9 Å². The zero-order valence-electron chi connectivity index (χ0n) is 10.8. The molecule has 1 aromatic rings. The van der Waals surface area contributed by atoms with E-state index in [0.717, 1.165) is 15.6 Å². The summed E-state index contributed by atoms with van der Waals surface area (Å²) in [4.78, 5) is 12.7. The van der Waals surface area contributed by atoms with Gasteiger partial charge in [-0.25, -0.2) is 0 Å². The van der Waals surface area contributed by atoms with Crippen LogP contribution in [0.5, 0.6) is 0 Å². The van der Waals surface area contributed by atoms with Crippen molar-refractivity contribution < 1.29 is 9.90 Å². The van der Waals surface area contributed by atoms with Crippen molar-refractivity contribution in [3.63, 3.8) is 0 Å². The second-order valence-electron chi connectivity index (χ2n) is 4.70. The highest BCUT2D eigenvalue weighted by Crippen LogP contribution is 2.22. The number of carbonyl (C=O) groups is 1. The Morgan fingerprint density at radius 3 is 2.78 bits per heavy atom. The van der Waals surface area contributed by atoms with Gasteiger partial charge in [0.2, 0.25) is 5.91 Å². The summed E-state index contributed by atoms with van der Waals surface area (Å²) in [6, 6.07) is 3.81. The number of thiophene rings is 1. The fourth-order valence-electron chi connectivity index (χ4n) is 1.76. The summed E-state index contributed by atoms with van der Waals surface area (Å²) in [5.74, 6) is 0.349. The Morgan fingerprint density at radius 2 is 2.22 bits per heavy atom. The van der Waals surface area contributed by atoms with Crippen LogP contribution in [0.15, 0.2) is 12.1 Å². The molecule has 0 radical (unpaired) electrons. The number of hydrogen-bond donors (Lipinski definition) is 2. The first kappa shape index (κ1) is 15.5. The molecule has 1 rings (SSSR count). The third-order valence-corrected chi connectivity index (χ3v) is 3.91. The zero-order chi connectivity index (χ0) is 13.5. The summed E-state index contributed by atoms with van der Waals surface area (Å²) >= 11 is 7.34. The van der Waals surface area contributed by atoms with Crippen LogP contribution in [-0.2, 0) is 11.2 Å². The predicted octanol–water partition coefficient (Wildman–Crippen LogP) is 2.86. The quantitative estimate of drug-likeness (QED) is 0.811. The number of halogens is 1. The van der Waals surface area contributed by atoms with Crippen molar-refractivity contribution in [1.29, 1.82) is 0 Å². The molecular formula is C13H20ClNO2S.